The van der Waals surface area contributed by atoms with Crippen molar-refractivity contribution in [3.8, 4) is 0 Å². The molecule has 20 heavy (non-hydrogen) atoms. The number of aromatic carboxylic acids is 1. The van der Waals surface area contributed by atoms with Gasteiger partial charge in [0.25, 0.3) is 0 Å². The summed E-state index contributed by atoms with van der Waals surface area (Å²) in [5.74, 6) is 0.694. The van der Waals surface area contributed by atoms with Crippen LogP contribution in [0.15, 0.2) is 30.5 Å². The normalized spacial score (nSPS) is 11.1. The van der Waals surface area contributed by atoms with Gasteiger partial charge in [-0.1, -0.05) is 12.1 Å². The first kappa shape index (κ1) is 12.4. The van der Waals surface area contributed by atoms with Gasteiger partial charge >= 0.3 is 5.97 Å². The van der Waals surface area contributed by atoms with Crippen LogP contribution in [-0.2, 0) is 13.6 Å². The molecule has 0 unspecified atom stereocenters. The van der Waals surface area contributed by atoms with Gasteiger partial charge in [-0.3, -0.25) is 0 Å². The number of nitrogens with zero attached hydrogens (tertiary/aromatic N) is 4. The molecule has 0 aliphatic carbocycles. The number of carboxylic acid groups (broad SMARTS) is 1. The number of aromatic nitrogens is 4. The molecule has 6 nitrogen and oxygen atoms in total. The molecule has 0 atom stereocenters. The first-order valence-electron chi connectivity index (χ1n) is 6.24. The zero-order chi connectivity index (χ0) is 14.3. The number of rotatable bonds is 3. The highest BCUT2D eigenvalue weighted by Crippen LogP contribution is 2.21. The molecule has 1 N–H and O–H groups in total. The summed E-state index contributed by atoms with van der Waals surface area (Å²) in [5.41, 5.74) is 1.01. The Bertz CT molecular complexity index is 801. The van der Waals surface area contributed by atoms with Gasteiger partial charge < -0.3 is 14.2 Å². The Kier molecular flexibility index (Phi) is 2.78. The van der Waals surface area contributed by atoms with Crippen LogP contribution < -0.4 is 0 Å². The van der Waals surface area contributed by atoms with E-state index in [0.29, 0.717) is 17.6 Å². The maximum atomic E-state index is 11.3. The number of fused-ring (bicyclic) bond motifs is 1. The van der Waals surface area contributed by atoms with E-state index in [-0.39, 0.29) is 0 Å². The third kappa shape index (κ3) is 1.85. The van der Waals surface area contributed by atoms with Crippen LogP contribution in [0.4, 0.5) is 0 Å². The standard InChI is InChI=1S/C14H14N4O2/c1-9-15-16-12(17(9)2)8-18-7-6-10-4-3-5-11(13(10)18)14(19)20/h3-7H,8H2,1-2H3,(H,19,20). The highest BCUT2D eigenvalue weighted by Gasteiger charge is 2.14. The first-order valence-corrected chi connectivity index (χ1v) is 6.24. The van der Waals surface area contributed by atoms with Gasteiger partial charge in [-0.15, -0.1) is 10.2 Å². The molecule has 0 saturated heterocycles. The Morgan fingerprint density at radius 2 is 2.10 bits per heavy atom. The van der Waals surface area contributed by atoms with E-state index in [1.807, 2.05) is 41.4 Å². The van der Waals surface area contributed by atoms with E-state index in [1.54, 1.807) is 12.1 Å². The summed E-state index contributed by atoms with van der Waals surface area (Å²) in [7, 11) is 1.90. The number of carboxylic acids is 1. The lowest BCUT2D eigenvalue weighted by atomic mass is 10.1. The largest absolute Gasteiger partial charge is 0.478 e. The third-order valence-corrected chi connectivity index (χ3v) is 3.51. The summed E-state index contributed by atoms with van der Waals surface area (Å²) in [6.07, 6.45) is 1.88. The van der Waals surface area contributed by atoms with Crippen molar-refractivity contribution in [2.24, 2.45) is 7.05 Å². The summed E-state index contributed by atoms with van der Waals surface area (Å²) < 4.78 is 3.79. The second-order valence-electron chi connectivity index (χ2n) is 4.71. The Hall–Kier alpha value is -2.63. The molecular formula is C14H14N4O2. The Labute approximate surface area is 115 Å². The predicted molar refractivity (Wildman–Crippen MR) is 73.7 cm³/mol. The molecule has 0 radical (unpaired) electrons. The third-order valence-electron chi connectivity index (χ3n) is 3.51. The van der Waals surface area contributed by atoms with Gasteiger partial charge in [-0.05, 0) is 19.1 Å². The summed E-state index contributed by atoms with van der Waals surface area (Å²) in [4.78, 5) is 11.3. The van der Waals surface area contributed by atoms with Crippen molar-refractivity contribution in [3.05, 3.63) is 47.7 Å². The minimum Gasteiger partial charge on any atom is -0.478 e. The van der Waals surface area contributed by atoms with Crippen molar-refractivity contribution in [2.45, 2.75) is 13.5 Å². The molecule has 102 valence electrons. The molecule has 2 aromatic heterocycles. The van der Waals surface area contributed by atoms with Crippen molar-refractivity contribution >= 4 is 16.9 Å². The minimum atomic E-state index is -0.926. The molecule has 0 spiro atoms. The average Bonchev–Trinajstić information content (AvgIpc) is 2.97. The van der Waals surface area contributed by atoms with Crippen LogP contribution in [0.1, 0.15) is 22.0 Å². The fourth-order valence-corrected chi connectivity index (χ4v) is 2.31. The van der Waals surface area contributed by atoms with E-state index < -0.39 is 5.97 Å². The lowest BCUT2D eigenvalue weighted by Gasteiger charge is -2.07. The second-order valence-corrected chi connectivity index (χ2v) is 4.71. The highest BCUT2D eigenvalue weighted by molar-refractivity contribution is 6.02. The quantitative estimate of drug-likeness (QED) is 0.788. The van der Waals surface area contributed by atoms with Gasteiger partial charge in [0.05, 0.1) is 17.6 Å². The van der Waals surface area contributed by atoms with Crippen molar-refractivity contribution in [1.29, 1.82) is 0 Å². The molecule has 0 aliphatic heterocycles. The topological polar surface area (TPSA) is 72.9 Å². The number of benzene rings is 1. The minimum absolute atomic E-state index is 0.298. The number of hydrogen-bond acceptors (Lipinski definition) is 3. The number of hydrogen-bond donors (Lipinski definition) is 1. The molecule has 1 aromatic carbocycles. The van der Waals surface area contributed by atoms with Crippen LogP contribution in [0, 0.1) is 6.92 Å². The van der Waals surface area contributed by atoms with E-state index in [1.165, 1.54) is 0 Å². The van der Waals surface area contributed by atoms with Crippen LogP contribution in [0.5, 0.6) is 0 Å². The molecule has 0 bridgehead atoms. The van der Waals surface area contributed by atoms with E-state index >= 15 is 0 Å². The molecular weight excluding hydrogens is 256 g/mol. The highest BCUT2D eigenvalue weighted by atomic mass is 16.4. The Balaban J connectivity index is 2.13. The van der Waals surface area contributed by atoms with Gasteiger partial charge in [-0.2, -0.15) is 0 Å². The van der Waals surface area contributed by atoms with Crippen LogP contribution in [0.2, 0.25) is 0 Å². The van der Waals surface area contributed by atoms with Gasteiger partial charge in [0.1, 0.15) is 5.82 Å². The fourth-order valence-electron chi connectivity index (χ4n) is 2.31. The molecule has 3 aromatic rings. The monoisotopic (exact) mass is 270 g/mol. The SMILES string of the molecule is Cc1nnc(Cn2ccc3cccc(C(=O)O)c32)n1C. The number of aryl methyl sites for hydroxylation is 1. The van der Waals surface area contributed by atoms with Crippen molar-refractivity contribution < 1.29 is 9.90 Å². The zero-order valence-corrected chi connectivity index (χ0v) is 11.2. The fraction of sp³-hybridized carbons (Fsp3) is 0.214. The lowest BCUT2D eigenvalue weighted by molar-refractivity contribution is 0.0698. The van der Waals surface area contributed by atoms with Crippen LogP contribution in [0.3, 0.4) is 0 Å². The smallest absolute Gasteiger partial charge is 0.337 e. The molecule has 0 fully saturated rings. The van der Waals surface area contributed by atoms with E-state index in [2.05, 4.69) is 10.2 Å². The molecule has 0 amide bonds. The van der Waals surface area contributed by atoms with Gasteiger partial charge in [0.15, 0.2) is 5.82 Å². The molecule has 6 heteroatoms. The first-order chi connectivity index (χ1) is 9.58. The maximum Gasteiger partial charge on any atom is 0.337 e. The average molecular weight is 270 g/mol. The molecule has 2 heterocycles. The van der Waals surface area contributed by atoms with Gasteiger partial charge in [-0.25, -0.2) is 4.79 Å². The molecule has 0 saturated carbocycles. The number of carbonyl (C=O) groups is 1. The van der Waals surface area contributed by atoms with E-state index in [9.17, 15) is 9.90 Å². The summed E-state index contributed by atoms with van der Waals surface area (Å²) in [5, 5.41) is 18.3. The second kappa shape index (κ2) is 4.48. The van der Waals surface area contributed by atoms with Gasteiger partial charge in [0, 0.05) is 18.6 Å². The maximum absolute atomic E-state index is 11.3. The van der Waals surface area contributed by atoms with Crippen LogP contribution >= 0.6 is 0 Å². The zero-order valence-electron chi connectivity index (χ0n) is 11.2. The molecule has 3 rings (SSSR count). The van der Waals surface area contributed by atoms with Crippen molar-refractivity contribution in [3.63, 3.8) is 0 Å². The summed E-state index contributed by atoms with van der Waals surface area (Å²) in [6, 6.07) is 7.18. The van der Waals surface area contributed by atoms with Crippen LogP contribution in [0.25, 0.3) is 10.9 Å². The number of para-hydroxylation sites is 1. The van der Waals surface area contributed by atoms with E-state index in [0.717, 1.165) is 17.0 Å². The summed E-state index contributed by atoms with van der Waals surface area (Å²) >= 11 is 0. The molecule has 0 aliphatic rings. The van der Waals surface area contributed by atoms with Crippen LogP contribution in [-0.4, -0.2) is 30.4 Å². The van der Waals surface area contributed by atoms with Gasteiger partial charge in [0.2, 0.25) is 0 Å². The Morgan fingerprint density at radius 3 is 2.75 bits per heavy atom. The van der Waals surface area contributed by atoms with Crippen molar-refractivity contribution in [1.82, 2.24) is 19.3 Å². The van der Waals surface area contributed by atoms with E-state index in [4.69, 9.17) is 0 Å². The lowest BCUT2D eigenvalue weighted by Crippen LogP contribution is -2.08. The predicted octanol–water partition coefficient (Wildman–Crippen LogP) is 1.82. The Morgan fingerprint density at radius 1 is 1.30 bits per heavy atom. The summed E-state index contributed by atoms with van der Waals surface area (Å²) in [6.45, 7) is 2.37. The van der Waals surface area contributed by atoms with Crippen molar-refractivity contribution in [2.75, 3.05) is 0 Å².